The summed E-state index contributed by atoms with van der Waals surface area (Å²) in [5, 5.41) is 0.624. The van der Waals surface area contributed by atoms with Crippen LogP contribution in [0.5, 0.6) is 0 Å². The Morgan fingerprint density at radius 3 is 2.57 bits per heavy atom. The van der Waals surface area contributed by atoms with Gasteiger partial charge < -0.3 is 0 Å². The average Bonchev–Trinajstić information content (AvgIpc) is 2.08. The van der Waals surface area contributed by atoms with Crippen molar-refractivity contribution in [3.63, 3.8) is 0 Å². The van der Waals surface area contributed by atoms with Gasteiger partial charge in [-0.25, -0.2) is 0 Å². The summed E-state index contributed by atoms with van der Waals surface area (Å²) in [5.41, 5.74) is 1.63. The molecule has 1 aromatic carbocycles. The standard InChI is InChI=1S/C11H10ClIO/c1-7(2)5-11(14)8-3-4-10(13)9(12)6-8/h3-6H,1-2H3. The van der Waals surface area contributed by atoms with Crippen molar-refractivity contribution >= 4 is 40.0 Å². The number of hydrogen-bond acceptors (Lipinski definition) is 1. The zero-order valence-corrected chi connectivity index (χ0v) is 10.9. The zero-order chi connectivity index (χ0) is 10.7. The van der Waals surface area contributed by atoms with Crippen LogP contribution in [0.15, 0.2) is 29.8 Å². The van der Waals surface area contributed by atoms with Gasteiger partial charge in [0.15, 0.2) is 5.78 Å². The second kappa shape index (κ2) is 4.94. The van der Waals surface area contributed by atoms with Gasteiger partial charge in [-0.1, -0.05) is 17.2 Å². The highest BCUT2D eigenvalue weighted by Crippen LogP contribution is 2.20. The predicted molar refractivity (Wildman–Crippen MR) is 67.9 cm³/mol. The molecule has 0 amide bonds. The van der Waals surface area contributed by atoms with E-state index in [0.717, 1.165) is 9.14 Å². The van der Waals surface area contributed by atoms with Crippen LogP contribution >= 0.6 is 34.2 Å². The highest BCUT2D eigenvalue weighted by Gasteiger charge is 2.04. The van der Waals surface area contributed by atoms with E-state index in [4.69, 9.17) is 11.6 Å². The van der Waals surface area contributed by atoms with Crippen LogP contribution in [0.2, 0.25) is 5.02 Å². The molecule has 0 unspecified atom stereocenters. The van der Waals surface area contributed by atoms with Crippen LogP contribution in [-0.4, -0.2) is 5.78 Å². The molecule has 3 heteroatoms. The number of rotatable bonds is 2. The fourth-order valence-electron chi connectivity index (χ4n) is 0.995. The van der Waals surface area contributed by atoms with Crippen LogP contribution in [0.25, 0.3) is 0 Å². The van der Waals surface area contributed by atoms with Gasteiger partial charge in [-0.15, -0.1) is 0 Å². The summed E-state index contributed by atoms with van der Waals surface area (Å²) >= 11 is 8.05. The lowest BCUT2D eigenvalue weighted by Gasteiger charge is -1.99. The molecule has 1 nitrogen and oxygen atoms in total. The molecule has 0 saturated carbocycles. The van der Waals surface area contributed by atoms with Crippen LogP contribution in [0.3, 0.4) is 0 Å². The normalized spacial score (nSPS) is 9.71. The summed E-state index contributed by atoms with van der Waals surface area (Å²) in [6.45, 7) is 3.79. The van der Waals surface area contributed by atoms with Gasteiger partial charge in [-0.2, -0.15) is 0 Å². The molecule has 14 heavy (non-hydrogen) atoms. The molecule has 0 N–H and O–H groups in total. The van der Waals surface area contributed by atoms with E-state index >= 15 is 0 Å². The maximum atomic E-state index is 11.6. The molecule has 74 valence electrons. The van der Waals surface area contributed by atoms with Crippen molar-refractivity contribution in [1.82, 2.24) is 0 Å². The van der Waals surface area contributed by atoms with Crippen LogP contribution in [0.1, 0.15) is 24.2 Å². The number of benzene rings is 1. The maximum absolute atomic E-state index is 11.6. The molecular weight excluding hydrogens is 310 g/mol. The summed E-state index contributed by atoms with van der Waals surface area (Å²) in [5.74, 6) is 0.00306. The van der Waals surface area contributed by atoms with Gasteiger partial charge in [0.2, 0.25) is 0 Å². The third-order valence-electron chi connectivity index (χ3n) is 1.62. The van der Waals surface area contributed by atoms with Gasteiger partial charge in [0.25, 0.3) is 0 Å². The topological polar surface area (TPSA) is 17.1 Å². The molecule has 0 aromatic heterocycles. The molecule has 0 bridgehead atoms. The molecule has 1 aromatic rings. The first-order valence-electron chi connectivity index (χ1n) is 4.15. The van der Waals surface area contributed by atoms with Crippen LogP contribution in [0.4, 0.5) is 0 Å². The molecule has 0 saturated heterocycles. The fraction of sp³-hybridized carbons (Fsp3) is 0.182. The van der Waals surface area contributed by atoms with E-state index in [1.54, 1.807) is 18.2 Å². The van der Waals surface area contributed by atoms with Crippen LogP contribution in [0, 0.1) is 3.57 Å². The molecule has 1 rings (SSSR count). The number of allylic oxidation sites excluding steroid dienone is 2. The molecule has 0 aliphatic heterocycles. The second-order valence-electron chi connectivity index (χ2n) is 3.21. The van der Waals surface area contributed by atoms with Gasteiger partial charge in [0.05, 0.1) is 5.02 Å². The minimum absolute atomic E-state index is 0.00306. The Bertz CT molecular complexity index is 392. The van der Waals surface area contributed by atoms with Crippen molar-refractivity contribution in [2.45, 2.75) is 13.8 Å². The lowest BCUT2D eigenvalue weighted by atomic mass is 10.1. The van der Waals surface area contributed by atoms with Crippen molar-refractivity contribution in [3.05, 3.63) is 44.0 Å². The molecule has 0 spiro atoms. The molecular formula is C11H10ClIO. The largest absolute Gasteiger partial charge is 0.289 e. The molecule has 0 aliphatic carbocycles. The first-order valence-corrected chi connectivity index (χ1v) is 5.60. The van der Waals surface area contributed by atoms with E-state index < -0.39 is 0 Å². The fourth-order valence-corrected chi connectivity index (χ4v) is 1.51. The highest BCUT2D eigenvalue weighted by atomic mass is 127. The number of ketones is 1. The number of halogens is 2. The Morgan fingerprint density at radius 1 is 1.43 bits per heavy atom. The van der Waals surface area contributed by atoms with Crippen molar-refractivity contribution in [1.29, 1.82) is 0 Å². The summed E-state index contributed by atoms with van der Waals surface area (Å²) < 4.78 is 0.956. The first-order chi connectivity index (χ1) is 6.50. The second-order valence-corrected chi connectivity index (χ2v) is 4.78. The van der Waals surface area contributed by atoms with Crippen molar-refractivity contribution in [3.8, 4) is 0 Å². The van der Waals surface area contributed by atoms with Crippen molar-refractivity contribution in [2.75, 3.05) is 0 Å². The third kappa shape index (κ3) is 3.10. The monoisotopic (exact) mass is 320 g/mol. The lowest BCUT2D eigenvalue weighted by molar-refractivity contribution is 0.104. The summed E-state index contributed by atoms with van der Waals surface area (Å²) in [6.07, 6.45) is 1.61. The lowest BCUT2D eigenvalue weighted by Crippen LogP contribution is -1.95. The molecule has 0 fully saturated rings. The SMILES string of the molecule is CC(C)=CC(=O)c1ccc(I)c(Cl)c1. The minimum atomic E-state index is 0.00306. The van der Waals surface area contributed by atoms with E-state index in [1.807, 2.05) is 19.9 Å². The Balaban J connectivity index is 3.03. The molecule has 0 atom stereocenters. The minimum Gasteiger partial charge on any atom is -0.289 e. The van der Waals surface area contributed by atoms with E-state index in [0.29, 0.717) is 10.6 Å². The van der Waals surface area contributed by atoms with Gasteiger partial charge in [-0.3, -0.25) is 4.79 Å². The summed E-state index contributed by atoms with van der Waals surface area (Å²) in [7, 11) is 0. The van der Waals surface area contributed by atoms with E-state index in [1.165, 1.54) is 0 Å². The van der Waals surface area contributed by atoms with Crippen molar-refractivity contribution < 1.29 is 4.79 Å². The zero-order valence-electron chi connectivity index (χ0n) is 7.97. The Labute approximate surface area is 102 Å². The van der Waals surface area contributed by atoms with Gasteiger partial charge in [0, 0.05) is 9.13 Å². The van der Waals surface area contributed by atoms with Gasteiger partial charge in [0.1, 0.15) is 0 Å². The highest BCUT2D eigenvalue weighted by molar-refractivity contribution is 14.1. The molecule has 0 radical (unpaired) electrons. The molecule has 0 aliphatic rings. The van der Waals surface area contributed by atoms with Gasteiger partial charge >= 0.3 is 0 Å². The Morgan fingerprint density at radius 2 is 2.07 bits per heavy atom. The average molecular weight is 321 g/mol. The van der Waals surface area contributed by atoms with Crippen molar-refractivity contribution in [2.24, 2.45) is 0 Å². The number of carbonyl (C=O) groups is 1. The van der Waals surface area contributed by atoms with E-state index in [2.05, 4.69) is 22.6 Å². The predicted octanol–water partition coefficient (Wildman–Crippen LogP) is 4.09. The Hall–Kier alpha value is -0.350. The van der Waals surface area contributed by atoms with Gasteiger partial charge in [-0.05, 0) is 60.7 Å². The van der Waals surface area contributed by atoms with E-state index in [-0.39, 0.29) is 5.78 Å². The number of hydrogen-bond donors (Lipinski definition) is 0. The maximum Gasteiger partial charge on any atom is 0.185 e. The summed E-state index contributed by atoms with van der Waals surface area (Å²) in [4.78, 5) is 11.6. The smallest absolute Gasteiger partial charge is 0.185 e. The van der Waals surface area contributed by atoms with Crippen LogP contribution in [-0.2, 0) is 0 Å². The Kier molecular flexibility index (Phi) is 4.13. The summed E-state index contributed by atoms with van der Waals surface area (Å²) in [6, 6.07) is 5.33. The van der Waals surface area contributed by atoms with E-state index in [9.17, 15) is 4.79 Å². The number of carbonyl (C=O) groups excluding carboxylic acids is 1. The molecule has 0 heterocycles. The quantitative estimate of drug-likeness (QED) is 0.456. The first kappa shape index (κ1) is 11.7. The van der Waals surface area contributed by atoms with Crippen LogP contribution < -0.4 is 0 Å². The third-order valence-corrected chi connectivity index (χ3v) is 3.20.